The molecule has 0 spiro atoms. The number of carbonyl (C=O) groups is 1. The number of carboxylic acid groups (broad SMARTS) is 1. The van der Waals surface area contributed by atoms with Gasteiger partial charge in [0, 0.05) is 23.1 Å². The summed E-state index contributed by atoms with van der Waals surface area (Å²) in [5.41, 5.74) is 5.47. The number of aromatic carboxylic acids is 1. The maximum atomic E-state index is 11.4. The highest BCUT2D eigenvalue weighted by Gasteiger charge is 2.20. The summed E-state index contributed by atoms with van der Waals surface area (Å²) in [5.74, 6) is -1.11. The fraction of sp³-hybridized carbons (Fsp3) is 0.0952. The predicted molar refractivity (Wildman–Crippen MR) is 103 cm³/mol. The van der Waals surface area contributed by atoms with Crippen molar-refractivity contribution in [1.82, 2.24) is 19.6 Å². The molecule has 28 heavy (non-hydrogen) atoms. The number of benzene rings is 1. The summed E-state index contributed by atoms with van der Waals surface area (Å²) < 4.78 is 1.56. The molecule has 0 saturated heterocycles. The van der Waals surface area contributed by atoms with Crippen LogP contribution in [0.25, 0.3) is 28.0 Å². The highest BCUT2D eigenvalue weighted by atomic mass is 16.4. The van der Waals surface area contributed by atoms with Crippen molar-refractivity contribution in [2.24, 2.45) is 0 Å². The molecule has 0 amide bonds. The monoisotopic (exact) mass is 369 g/mol. The zero-order chi connectivity index (χ0) is 19.8. The van der Waals surface area contributed by atoms with Gasteiger partial charge in [0.25, 0.3) is 0 Å². The first-order valence-electron chi connectivity index (χ1n) is 8.55. The number of aromatic nitrogens is 4. The summed E-state index contributed by atoms with van der Waals surface area (Å²) in [7, 11) is 0. The number of hydrogen-bond acceptors (Lipinski definition) is 5. The Labute approximate surface area is 160 Å². The summed E-state index contributed by atoms with van der Waals surface area (Å²) in [4.78, 5) is 20.2. The second-order valence-corrected chi connectivity index (χ2v) is 6.44. The highest BCUT2D eigenvalue weighted by Crippen LogP contribution is 2.35. The summed E-state index contributed by atoms with van der Waals surface area (Å²) in [6.07, 6.45) is 1.58. The van der Waals surface area contributed by atoms with Gasteiger partial charge in [-0.25, -0.2) is 14.3 Å². The van der Waals surface area contributed by atoms with Crippen molar-refractivity contribution in [2.75, 3.05) is 0 Å². The Hall–Kier alpha value is -4.05. The van der Waals surface area contributed by atoms with Crippen molar-refractivity contribution >= 4 is 11.6 Å². The quantitative estimate of drug-likeness (QED) is 0.591. The molecule has 0 saturated carbocycles. The number of nitriles is 1. The molecule has 1 aromatic carbocycles. The molecule has 0 fully saturated rings. The van der Waals surface area contributed by atoms with E-state index in [0.717, 1.165) is 22.5 Å². The van der Waals surface area contributed by atoms with E-state index in [1.807, 2.05) is 32.0 Å². The SMILES string of the molecule is Cc1cc(-c2c(-c3cccc(C#N)c3)nn3ccc(C(=O)O)nc23)cc(C)n1. The normalized spacial score (nSPS) is 10.8. The number of carboxylic acids is 1. The van der Waals surface area contributed by atoms with Gasteiger partial charge in [0.15, 0.2) is 11.3 Å². The number of pyridine rings is 1. The van der Waals surface area contributed by atoms with E-state index in [1.54, 1.807) is 28.9 Å². The first kappa shape index (κ1) is 17.4. The summed E-state index contributed by atoms with van der Waals surface area (Å²) >= 11 is 0. The Balaban J connectivity index is 2.09. The number of hydrogen-bond donors (Lipinski definition) is 1. The van der Waals surface area contributed by atoms with Gasteiger partial charge < -0.3 is 5.11 Å². The van der Waals surface area contributed by atoms with Gasteiger partial charge in [0.05, 0.1) is 17.2 Å². The molecule has 1 N–H and O–H groups in total. The van der Waals surface area contributed by atoms with Crippen LogP contribution < -0.4 is 0 Å². The van der Waals surface area contributed by atoms with Crippen molar-refractivity contribution in [3.63, 3.8) is 0 Å². The van der Waals surface area contributed by atoms with Crippen LogP contribution in [0, 0.1) is 25.2 Å². The van der Waals surface area contributed by atoms with Crippen LogP contribution >= 0.6 is 0 Å². The molecule has 7 heteroatoms. The van der Waals surface area contributed by atoms with E-state index in [1.165, 1.54) is 6.07 Å². The van der Waals surface area contributed by atoms with Crippen LogP contribution in [0.15, 0.2) is 48.7 Å². The third-order valence-corrected chi connectivity index (χ3v) is 4.34. The number of fused-ring (bicyclic) bond motifs is 1. The summed E-state index contributed by atoms with van der Waals surface area (Å²) in [5, 5.41) is 23.2. The Morgan fingerprint density at radius 1 is 1.07 bits per heavy atom. The topological polar surface area (TPSA) is 104 Å². The Kier molecular flexibility index (Phi) is 4.09. The van der Waals surface area contributed by atoms with E-state index in [9.17, 15) is 15.2 Å². The van der Waals surface area contributed by atoms with Gasteiger partial charge >= 0.3 is 5.97 Å². The molecule has 4 aromatic rings. The summed E-state index contributed by atoms with van der Waals surface area (Å²) in [6.45, 7) is 3.79. The molecule has 0 radical (unpaired) electrons. The number of aryl methyl sites for hydroxylation is 2. The molecule has 3 heterocycles. The maximum absolute atomic E-state index is 11.4. The Bertz CT molecular complexity index is 1260. The number of rotatable bonds is 3. The van der Waals surface area contributed by atoms with Crippen molar-refractivity contribution in [1.29, 1.82) is 5.26 Å². The largest absolute Gasteiger partial charge is 0.477 e. The number of nitrogens with zero attached hydrogens (tertiary/aromatic N) is 5. The van der Waals surface area contributed by atoms with E-state index >= 15 is 0 Å². The fourth-order valence-corrected chi connectivity index (χ4v) is 3.23. The van der Waals surface area contributed by atoms with Crippen molar-refractivity contribution in [3.05, 3.63) is 71.3 Å². The third kappa shape index (κ3) is 2.97. The van der Waals surface area contributed by atoms with Crippen LogP contribution in [0.1, 0.15) is 27.4 Å². The summed E-state index contributed by atoms with van der Waals surface area (Å²) in [6, 6.07) is 14.5. The van der Waals surface area contributed by atoms with Crippen LogP contribution in [-0.2, 0) is 0 Å². The van der Waals surface area contributed by atoms with Gasteiger partial charge in [0.2, 0.25) is 0 Å². The van der Waals surface area contributed by atoms with E-state index in [4.69, 9.17) is 0 Å². The molecule has 4 rings (SSSR count). The minimum absolute atomic E-state index is 0.0616. The first-order chi connectivity index (χ1) is 13.5. The van der Waals surface area contributed by atoms with Crippen LogP contribution in [-0.4, -0.2) is 30.7 Å². The minimum atomic E-state index is -1.11. The van der Waals surface area contributed by atoms with Crippen LogP contribution in [0.5, 0.6) is 0 Å². The molecule has 0 bridgehead atoms. The Morgan fingerprint density at radius 2 is 1.82 bits per heavy atom. The molecule has 136 valence electrons. The molecule has 0 aliphatic heterocycles. The van der Waals surface area contributed by atoms with Crippen molar-refractivity contribution < 1.29 is 9.90 Å². The van der Waals surface area contributed by atoms with Crippen LogP contribution in [0.4, 0.5) is 0 Å². The van der Waals surface area contributed by atoms with Gasteiger partial charge in [-0.05, 0) is 49.7 Å². The minimum Gasteiger partial charge on any atom is -0.477 e. The molecule has 7 nitrogen and oxygen atoms in total. The molecular formula is C21H15N5O2. The highest BCUT2D eigenvalue weighted by molar-refractivity contribution is 5.93. The van der Waals surface area contributed by atoms with E-state index in [2.05, 4.69) is 21.1 Å². The lowest BCUT2D eigenvalue weighted by atomic mass is 9.99. The fourth-order valence-electron chi connectivity index (χ4n) is 3.23. The maximum Gasteiger partial charge on any atom is 0.354 e. The van der Waals surface area contributed by atoms with Gasteiger partial charge in [-0.1, -0.05) is 12.1 Å². The lowest BCUT2D eigenvalue weighted by Gasteiger charge is -2.06. The Morgan fingerprint density at radius 3 is 2.50 bits per heavy atom. The average Bonchev–Trinajstić information content (AvgIpc) is 3.06. The molecule has 3 aromatic heterocycles. The van der Waals surface area contributed by atoms with Gasteiger partial charge in [0.1, 0.15) is 5.69 Å². The van der Waals surface area contributed by atoms with E-state index < -0.39 is 5.97 Å². The van der Waals surface area contributed by atoms with Gasteiger partial charge in [-0.2, -0.15) is 10.4 Å². The lowest BCUT2D eigenvalue weighted by Crippen LogP contribution is -2.02. The molecule has 0 aliphatic rings. The van der Waals surface area contributed by atoms with E-state index in [-0.39, 0.29) is 5.69 Å². The lowest BCUT2D eigenvalue weighted by molar-refractivity contribution is 0.0690. The molecular weight excluding hydrogens is 354 g/mol. The van der Waals surface area contributed by atoms with Gasteiger partial charge in [-0.15, -0.1) is 0 Å². The van der Waals surface area contributed by atoms with Gasteiger partial charge in [-0.3, -0.25) is 4.98 Å². The first-order valence-corrected chi connectivity index (χ1v) is 8.55. The predicted octanol–water partition coefficient (Wildman–Crippen LogP) is 3.65. The standard InChI is InChI=1S/C21H15N5O2/c1-12-8-16(9-13(2)23-12)18-19(15-5-3-4-14(10-15)11-22)25-26-7-6-17(21(27)28)24-20(18)26/h3-10H,1-2H3,(H,27,28). The van der Waals surface area contributed by atoms with Crippen LogP contribution in [0.3, 0.4) is 0 Å². The second kappa shape index (κ2) is 6.59. The van der Waals surface area contributed by atoms with Crippen molar-refractivity contribution in [3.8, 4) is 28.5 Å². The second-order valence-electron chi connectivity index (χ2n) is 6.44. The van der Waals surface area contributed by atoms with E-state index in [0.29, 0.717) is 22.5 Å². The smallest absolute Gasteiger partial charge is 0.354 e. The zero-order valence-electron chi connectivity index (χ0n) is 15.2. The molecule has 0 atom stereocenters. The molecule has 0 aliphatic carbocycles. The third-order valence-electron chi connectivity index (χ3n) is 4.34. The van der Waals surface area contributed by atoms with Crippen LogP contribution in [0.2, 0.25) is 0 Å². The average molecular weight is 369 g/mol. The van der Waals surface area contributed by atoms with Crippen molar-refractivity contribution in [2.45, 2.75) is 13.8 Å². The molecule has 0 unspecified atom stereocenters. The zero-order valence-corrected chi connectivity index (χ0v) is 15.2.